The first kappa shape index (κ1) is 24.0. The lowest BCUT2D eigenvalue weighted by Gasteiger charge is -2.17. The van der Waals surface area contributed by atoms with Crippen LogP contribution in [0.4, 0.5) is 5.69 Å². The summed E-state index contributed by atoms with van der Waals surface area (Å²) in [7, 11) is 0. The smallest absolute Gasteiger partial charge is 0.327 e. The maximum absolute atomic E-state index is 13.5. The third-order valence-electron chi connectivity index (χ3n) is 4.81. The highest BCUT2D eigenvalue weighted by Crippen LogP contribution is 2.22. The van der Waals surface area contributed by atoms with E-state index < -0.39 is 17.9 Å². The number of benzene rings is 2. The van der Waals surface area contributed by atoms with Crippen LogP contribution in [0.3, 0.4) is 0 Å². The zero-order chi connectivity index (χ0) is 24.1. The second-order valence-electron chi connectivity index (χ2n) is 7.47. The summed E-state index contributed by atoms with van der Waals surface area (Å²) >= 11 is 1.25. The summed E-state index contributed by atoms with van der Waals surface area (Å²) in [4.78, 5) is 52.3. The van der Waals surface area contributed by atoms with Gasteiger partial charge in [0.1, 0.15) is 11.9 Å². The average molecular weight is 469 g/mol. The van der Waals surface area contributed by atoms with Crippen LogP contribution in [0.2, 0.25) is 0 Å². The number of hydrogen-bond donors (Lipinski definition) is 3. The highest BCUT2D eigenvalue weighted by Gasteiger charge is 2.20. The first-order chi connectivity index (χ1) is 15.7. The maximum Gasteiger partial charge on any atom is 0.327 e. The normalized spacial score (nSPS) is 11.7. The molecule has 172 valence electrons. The number of nitrogens with zero attached hydrogens (tertiary/aromatic N) is 2. The van der Waals surface area contributed by atoms with Crippen molar-refractivity contribution < 1.29 is 19.5 Å². The Morgan fingerprint density at radius 3 is 2.48 bits per heavy atom. The van der Waals surface area contributed by atoms with E-state index in [0.29, 0.717) is 28.1 Å². The average Bonchev–Trinajstić information content (AvgIpc) is 2.74. The lowest BCUT2D eigenvalue weighted by Crippen LogP contribution is -2.41. The molecule has 0 saturated heterocycles. The van der Waals surface area contributed by atoms with E-state index in [1.165, 1.54) is 30.2 Å². The van der Waals surface area contributed by atoms with Crippen LogP contribution in [-0.2, 0) is 20.1 Å². The molecule has 1 atom stereocenters. The van der Waals surface area contributed by atoms with Gasteiger partial charge in [0.25, 0.3) is 5.56 Å². The van der Waals surface area contributed by atoms with E-state index in [9.17, 15) is 24.3 Å². The molecule has 3 aromatic rings. The summed E-state index contributed by atoms with van der Waals surface area (Å²) in [5.74, 6) is -1.01. The Bertz CT molecular complexity index is 1290. The quantitative estimate of drug-likeness (QED) is 0.463. The maximum atomic E-state index is 13.5. The zero-order valence-corrected chi connectivity index (χ0v) is 19.2. The summed E-state index contributed by atoms with van der Waals surface area (Å²) in [6.45, 7) is 4.53. The summed E-state index contributed by atoms with van der Waals surface area (Å²) < 4.78 is 1.51. The van der Waals surface area contributed by atoms with E-state index in [2.05, 4.69) is 15.6 Å². The van der Waals surface area contributed by atoms with Gasteiger partial charge >= 0.3 is 5.97 Å². The number of aromatic nitrogens is 2. The number of rotatable bonds is 8. The molecule has 0 aliphatic carbocycles. The number of amides is 2. The number of hydrogen-bond acceptors (Lipinski definition) is 6. The van der Waals surface area contributed by atoms with Crippen LogP contribution in [-0.4, -0.2) is 44.2 Å². The molecule has 2 amide bonds. The summed E-state index contributed by atoms with van der Waals surface area (Å²) in [5, 5.41) is 14.8. The summed E-state index contributed by atoms with van der Waals surface area (Å²) in [6, 6.07) is 11.3. The third-order valence-corrected chi connectivity index (χ3v) is 5.84. The lowest BCUT2D eigenvalue weighted by atomic mass is 10.1. The number of carbonyl (C=O) groups is 3. The Balaban J connectivity index is 2.05. The van der Waals surface area contributed by atoms with Crippen molar-refractivity contribution in [2.75, 3.05) is 11.1 Å². The van der Waals surface area contributed by atoms with Gasteiger partial charge in [0.05, 0.1) is 22.3 Å². The molecule has 0 fully saturated rings. The van der Waals surface area contributed by atoms with Crippen LogP contribution < -0.4 is 16.2 Å². The zero-order valence-electron chi connectivity index (χ0n) is 18.4. The molecule has 2 aromatic carbocycles. The molecule has 10 heteroatoms. The van der Waals surface area contributed by atoms with Crippen LogP contribution in [0.25, 0.3) is 16.6 Å². The van der Waals surface area contributed by atoms with Crippen LogP contribution in [0.5, 0.6) is 0 Å². The number of carbonyl (C=O) groups excluding carboxylic acids is 2. The number of para-hydroxylation sites is 1. The first-order valence-corrected chi connectivity index (χ1v) is 11.3. The van der Waals surface area contributed by atoms with E-state index in [-0.39, 0.29) is 23.0 Å². The van der Waals surface area contributed by atoms with E-state index in [4.69, 9.17) is 0 Å². The SMILES string of the molecule is CC(=O)Nc1ccc2nc(CSCC(NC(C)=O)C(=O)O)n(-c3ccccc3C)c(=O)c2c1. The lowest BCUT2D eigenvalue weighted by molar-refractivity contribution is -0.140. The number of carboxylic acid groups (broad SMARTS) is 1. The molecule has 1 unspecified atom stereocenters. The fourth-order valence-electron chi connectivity index (χ4n) is 3.36. The summed E-state index contributed by atoms with van der Waals surface area (Å²) in [6.07, 6.45) is 0. The fraction of sp³-hybridized carbons (Fsp3) is 0.261. The number of carboxylic acids is 1. The van der Waals surface area contributed by atoms with Crippen molar-refractivity contribution >= 4 is 46.1 Å². The first-order valence-electron chi connectivity index (χ1n) is 10.1. The number of nitrogens with one attached hydrogen (secondary N) is 2. The van der Waals surface area contributed by atoms with Crippen molar-refractivity contribution in [2.45, 2.75) is 32.6 Å². The van der Waals surface area contributed by atoms with Crippen molar-refractivity contribution in [2.24, 2.45) is 0 Å². The van der Waals surface area contributed by atoms with Crippen LogP contribution in [0.15, 0.2) is 47.3 Å². The Labute approximate surface area is 194 Å². The van der Waals surface area contributed by atoms with Crippen molar-refractivity contribution in [3.05, 3.63) is 64.2 Å². The minimum Gasteiger partial charge on any atom is -0.480 e. The Morgan fingerprint density at radius 2 is 1.85 bits per heavy atom. The molecule has 3 N–H and O–H groups in total. The van der Waals surface area contributed by atoms with Crippen LogP contribution >= 0.6 is 11.8 Å². The number of anilines is 1. The second kappa shape index (κ2) is 10.3. The van der Waals surface area contributed by atoms with Crippen LogP contribution in [0.1, 0.15) is 25.2 Å². The van der Waals surface area contributed by atoms with Gasteiger partial charge in [0.2, 0.25) is 11.8 Å². The van der Waals surface area contributed by atoms with Gasteiger partial charge in [0.15, 0.2) is 0 Å². The van der Waals surface area contributed by atoms with Gasteiger partial charge in [-0.1, -0.05) is 18.2 Å². The van der Waals surface area contributed by atoms with Gasteiger partial charge in [-0.15, -0.1) is 0 Å². The van der Waals surface area contributed by atoms with Gasteiger partial charge < -0.3 is 15.7 Å². The van der Waals surface area contributed by atoms with Crippen molar-refractivity contribution in [1.82, 2.24) is 14.9 Å². The predicted octanol–water partition coefficient (Wildman–Crippen LogP) is 2.48. The van der Waals surface area contributed by atoms with Gasteiger partial charge in [-0.3, -0.25) is 19.0 Å². The van der Waals surface area contributed by atoms with E-state index in [1.54, 1.807) is 18.2 Å². The molecule has 3 rings (SSSR count). The van der Waals surface area contributed by atoms with E-state index in [0.717, 1.165) is 5.56 Å². The second-order valence-corrected chi connectivity index (χ2v) is 8.50. The minimum absolute atomic E-state index is 0.109. The predicted molar refractivity (Wildman–Crippen MR) is 128 cm³/mol. The van der Waals surface area contributed by atoms with Crippen molar-refractivity contribution in [1.29, 1.82) is 0 Å². The highest BCUT2D eigenvalue weighted by atomic mass is 32.2. The Kier molecular flexibility index (Phi) is 7.49. The molecule has 1 aromatic heterocycles. The molecule has 0 aliphatic heterocycles. The van der Waals surface area contributed by atoms with Crippen LogP contribution in [0, 0.1) is 6.92 Å². The molecule has 9 nitrogen and oxygen atoms in total. The molecule has 0 bridgehead atoms. The molecule has 0 spiro atoms. The standard InChI is InChI=1S/C23H24N4O5S/c1-13-6-4-5-7-20(13)27-21(12-33-11-19(23(31)32)25-15(3)29)26-18-9-8-16(24-14(2)28)10-17(18)22(27)30/h4-10,19H,11-12H2,1-3H3,(H,24,28)(H,25,29)(H,31,32). The minimum atomic E-state index is -1.13. The molecule has 33 heavy (non-hydrogen) atoms. The van der Waals surface area contributed by atoms with E-state index >= 15 is 0 Å². The van der Waals surface area contributed by atoms with Gasteiger partial charge in [-0.05, 0) is 36.8 Å². The largest absolute Gasteiger partial charge is 0.480 e. The molecule has 1 heterocycles. The van der Waals surface area contributed by atoms with Gasteiger partial charge in [-0.2, -0.15) is 11.8 Å². The molecule has 0 aliphatic rings. The molecule has 0 radical (unpaired) electrons. The molecule has 0 saturated carbocycles. The number of aryl methyl sites for hydroxylation is 1. The summed E-state index contributed by atoms with van der Waals surface area (Å²) in [5.41, 5.74) is 2.19. The molecular weight excluding hydrogens is 444 g/mol. The Hall–Kier alpha value is -3.66. The molecular formula is C23H24N4O5S. The Morgan fingerprint density at radius 1 is 1.12 bits per heavy atom. The number of aliphatic carboxylic acids is 1. The highest BCUT2D eigenvalue weighted by molar-refractivity contribution is 7.98. The van der Waals surface area contributed by atoms with Crippen molar-refractivity contribution in [3.63, 3.8) is 0 Å². The topological polar surface area (TPSA) is 130 Å². The van der Waals surface area contributed by atoms with E-state index in [1.807, 2.05) is 31.2 Å². The third kappa shape index (κ3) is 5.78. The monoisotopic (exact) mass is 468 g/mol. The number of thioether (sulfide) groups is 1. The van der Waals surface area contributed by atoms with Gasteiger partial charge in [-0.25, -0.2) is 9.78 Å². The van der Waals surface area contributed by atoms with Gasteiger partial charge in [0, 0.05) is 25.3 Å². The van der Waals surface area contributed by atoms with Crippen molar-refractivity contribution in [3.8, 4) is 5.69 Å². The fourth-order valence-corrected chi connectivity index (χ4v) is 4.32. The number of fused-ring (bicyclic) bond motifs is 1.